The van der Waals surface area contributed by atoms with E-state index in [1.807, 2.05) is 0 Å². The third-order valence-corrected chi connectivity index (χ3v) is 2.21. The van der Waals surface area contributed by atoms with Crippen LogP contribution in [-0.4, -0.2) is 5.91 Å². The Morgan fingerprint density at radius 3 is 2.71 bits per heavy atom. The van der Waals surface area contributed by atoms with Gasteiger partial charge in [-0.1, -0.05) is 12.1 Å². The molecule has 1 heterocycles. The predicted molar refractivity (Wildman–Crippen MR) is 61.0 cm³/mol. The van der Waals surface area contributed by atoms with Gasteiger partial charge in [-0.3, -0.25) is 4.79 Å². The normalized spacial score (nSPS) is 10.2. The van der Waals surface area contributed by atoms with Crippen molar-refractivity contribution in [2.24, 2.45) is 5.73 Å². The van der Waals surface area contributed by atoms with Crippen LogP contribution in [0.25, 0.3) is 0 Å². The Morgan fingerprint density at radius 2 is 2.06 bits per heavy atom. The Labute approximate surface area is 97.2 Å². The van der Waals surface area contributed by atoms with Gasteiger partial charge in [0.25, 0.3) is 5.91 Å². The molecule has 2 aromatic rings. The Hall–Kier alpha value is -2.14. The van der Waals surface area contributed by atoms with E-state index in [1.165, 1.54) is 18.2 Å². The maximum Gasteiger partial charge on any atom is 0.291 e. The van der Waals surface area contributed by atoms with E-state index in [-0.39, 0.29) is 18.0 Å². The standard InChI is InChI=1S/C12H11FN2O2/c13-9-3-1-2-4-10(9)15-12(16)11-6-5-8(7-14)17-11/h1-6H,7,14H2,(H,15,16). The number of hydrogen-bond acceptors (Lipinski definition) is 3. The molecule has 0 aliphatic carbocycles. The van der Waals surface area contributed by atoms with E-state index in [4.69, 9.17) is 10.2 Å². The van der Waals surface area contributed by atoms with Crippen molar-refractivity contribution >= 4 is 11.6 Å². The Balaban J connectivity index is 2.14. The zero-order valence-electron chi connectivity index (χ0n) is 8.94. The van der Waals surface area contributed by atoms with Crippen molar-refractivity contribution in [3.05, 3.63) is 53.7 Å². The van der Waals surface area contributed by atoms with E-state index in [0.717, 1.165) is 0 Å². The number of anilines is 1. The Morgan fingerprint density at radius 1 is 1.29 bits per heavy atom. The molecule has 3 N–H and O–H groups in total. The zero-order valence-corrected chi connectivity index (χ0v) is 8.94. The van der Waals surface area contributed by atoms with Crippen molar-refractivity contribution in [2.75, 3.05) is 5.32 Å². The van der Waals surface area contributed by atoms with Gasteiger partial charge < -0.3 is 15.5 Å². The molecule has 0 atom stereocenters. The van der Waals surface area contributed by atoms with Crippen LogP contribution in [0, 0.1) is 5.82 Å². The molecule has 0 radical (unpaired) electrons. The summed E-state index contributed by atoms with van der Waals surface area (Å²) in [7, 11) is 0. The van der Waals surface area contributed by atoms with Crippen LogP contribution in [0.15, 0.2) is 40.8 Å². The molecule has 2 rings (SSSR count). The van der Waals surface area contributed by atoms with E-state index in [0.29, 0.717) is 5.76 Å². The highest BCUT2D eigenvalue weighted by molar-refractivity contribution is 6.02. The maximum atomic E-state index is 13.3. The molecular formula is C12H11FN2O2. The molecule has 5 heteroatoms. The number of amides is 1. The average molecular weight is 234 g/mol. The number of hydrogen-bond donors (Lipinski definition) is 2. The van der Waals surface area contributed by atoms with Gasteiger partial charge in [-0.25, -0.2) is 4.39 Å². The highest BCUT2D eigenvalue weighted by atomic mass is 19.1. The van der Waals surface area contributed by atoms with E-state index >= 15 is 0 Å². The number of carbonyl (C=O) groups is 1. The van der Waals surface area contributed by atoms with Gasteiger partial charge in [0.2, 0.25) is 0 Å². The van der Waals surface area contributed by atoms with Gasteiger partial charge in [-0.05, 0) is 24.3 Å². The van der Waals surface area contributed by atoms with Crippen molar-refractivity contribution in [3.8, 4) is 0 Å². The highest BCUT2D eigenvalue weighted by Crippen LogP contribution is 2.15. The van der Waals surface area contributed by atoms with E-state index in [9.17, 15) is 9.18 Å². The first-order valence-electron chi connectivity index (χ1n) is 5.05. The van der Waals surface area contributed by atoms with E-state index < -0.39 is 11.7 Å². The van der Waals surface area contributed by atoms with Crippen molar-refractivity contribution in [3.63, 3.8) is 0 Å². The fraction of sp³-hybridized carbons (Fsp3) is 0.0833. The molecule has 0 aliphatic heterocycles. The first-order chi connectivity index (χ1) is 8.20. The van der Waals surface area contributed by atoms with E-state index in [1.54, 1.807) is 18.2 Å². The first kappa shape index (κ1) is 11.3. The summed E-state index contributed by atoms with van der Waals surface area (Å²) in [6.07, 6.45) is 0. The van der Waals surface area contributed by atoms with Crippen molar-refractivity contribution in [1.29, 1.82) is 0 Å². The second-order valence-corrected chi connectivity index (χ2v) is 3.40. The average Bonchev–Trinajstić information content (AvgIpc) is 2.81. The summed E-state index contributed by atoms with van der Waals surface area (Å²) in [5.74, 6) is -0.390. The van der Waals surface area contributed by atoms with Gasteiger partial charge in [0.1, 0.15) is 11.6 Å². The number of nitrogens with one attached hydrogen (secondary N) is 1. The lowest BCUT2D eigenvalue weighted by molar-refractivity contribution is 0.0994. The molecule has 1 aromatic carbocycles. The van der Waals surface area contributed by atoms with Crippen LogP contribution in [0.1, 0.15) is 16.3 Å². The fourth-order valence-electron chi connectivity index (χ4n) is 1.36. The van der Waals surface area contributed by atoms with Gasteiger partial charge in [-0.2, -0.15) is 0 Å². The van der Waals surface area contributed by atoms with Crippen LogP contribution < -0.4 is 11.1 Å². The van der Waals surface area contributed by atoms with Crippen LogP contribution >= 0.6 is 0 Å². The van der Waals surface area contributed by atoms with Gasteiger partial charge >= 0.3 is 0 Å². The monoisotopic (exact) mass is 234 g/mol. The summed E-state index contributed by atoms with van der Waals surface area (Å²) in [5.41, 5.74) is 5.47. The minimum absolute atomic E-state index is 0.105. The minimum Gasteiger partial charge on any atom is -0.455 e. The van der Waals surface area contributed by atoms with E-state index in [2.05, 4.69) is 5.32 Å². The second kappa shape index (κ2) is 4.80. The summed E-state index contributed by atoms with van der Waals surface area (Å²) in [4.78, 5) is 11.7. The fourth-order valence-corrected chi connectivity index (χ4v) is 1.36. The second-order valence-electron chi connectivity index (χ2n) is 3.40. The molecule has 4 nitrogen and oxygen atoms in total. The molecule has 17 heavy (non-hydrogen) atoms. The SMILES string of the molecule is NCc1ccc(C(=O)Nc2ccccc2F)o1. The predicted octanol–water partition coefficient (Wildman–Crippen LogP) is 2.13. The van der Waals surface area contributed by atoms with Crippen LogP contribution in [0.2, 0.25) is 0 Å². The van der Waals surface area contributed by atoms with Crippen molar-refractivity contribution in [1.82, 2.24) is 0 Å². The number of furan rings is 1. The summed E-state index contributed by atoms with van der Waals surface area (Å²) in [6.45, 7) is 0.215. The summed E-state index contributed by atoms with van der Waals surface area (Å²) in [6, 6.07) is 9.02. The van der Waals surface area contributed by atoms with Gasteiger partial charge in [0.15, 0.2) is 5.76 Å². The minimum atomic E-state index is -0.505. The zero-order chi connectivity index (χ0) is 12.3. The molecule has 88 valence electrons. The van der Waals surface area contributed by atoms with Gasteiger partial charge in [0, 0.05) is 0 Å². The van der Waals surface area contributed by atoms with Crippen LogP contribution in [0.4, 0.5) is 10.1 Å². The molecule has 0 unspecified atom stereocenters. The van der Waals surface area contributed by atoms with Crippen LogP contribution in [-0.2, 0) is 6.54 Å². The number of benzene rings is 1. The lowest BCUT2D eigenvalue weighted by Crippen LogP contribution is -2.12. The van der Waals surface area contributed by atoms with Gasteiger partial charge in [0.05, 0.1) is 12.2 Å². The van der Waals surface area contributed by atoms with Crippen molar-refractivity contribution < 1.29 is 13.6 Å². The molecular weight excluding hydrogens is 223 g/mol. The number of rotatable bonds is 3. The lowest BCUT2D eigenvalue weighted by atomic mass is 10.3. The molecule has 0 spiro atoms. The lowest BCUT2D eigenvalue weighted by Gasteiger charge is -2.03. The summed E-state index contributed by atoms with van der Waals surface area (Å²) >= 11 is 0. The summed E-state index contributed by atoms with van der Waals surface area (Å²) in [5, 5.41) is 2.42. The highest BCUT2D eigenvalue weighted by Gasteiger charge is 2.12. The van der Waals surface area contributed by atoms with Gasteiger partial charge in [-0.15, -0.1) is 0 Å². The molecule has 0 aliphatic rings. The molecule has 1 aromatic heterocycles. The molecule has 0 fully saturated rings. The summed E-state index contributed by atoms with van der Waals surface area (Å²) < 4.78 is 18.4. The third kappa shape index (κ3) is 2.51. The topological polar surface area (TPSA) is 68.3 Å². The molecule has 0 bridgehead atoms. The molecule has 0 saturated carbocycles. The largest absolute Gasteiger partial charge is 0.455 e. The number of halogens is 1. The number of para-hydroxylation sites is 1. The number of carbonyl (C=O) groups excluding carboxylic acids is 1. The maximum absolute atomic E-state index is 13.3. The first-order valence-corrected chi connectivity index (χ1v) is 5.05. The van der Waals surface area contributed by atoms with Crippen LogP contribution in [0.3, 0.4) is 0 Å². The third-order valence-electron chi connectivity index (χ3n) is 2.21. The Bertz CT molecular complexity index is 537. The molecule has 0 saturated heterocycles. The number of nitrogens with two attached hydrogens (primary N) is 1. The molecule has 1 amide bonds. The Kier molecular flexibility index (Phi) is 3.20. The van der Waals surface area contributed by atoms with Crippen LogP contribution in [0.5, 0.6) is 0 Å². The van der Waals surface area contributed by atoms with Crippen molar-refractivity contribution in [2.45, 2.75) is 6.54 Å². The quantitative estimate of drug-likeness (QED) is 0.854. The smallest absolute Gasteiger partial charge is 0.291 e.